The van der Waals surface area contributed by atoms with Crippen molar-refractivity contribution in [3.63, 3.8) is 0 Å². The van der Waals surface area contributed by atoms with E-state index >= 15 is 0 Å². The zero-order valence-electron chi connectivity index (χ0n) is 11.5. The van der Waals surface area contributed by atoms with Crippen molar-refractivity contribution in [3.05, 3.63) is 23.0 Å². The zero-order valence-corrected chi connectivity index (χ0v) is 11.5. The molecule has 0 aliphatic carbocycles. The Balaban J connectivity index is 2.75. The van der Waals surface area contributed by atoms with Gasteiger partial charge in [0.05, 0.1) is 11.4 Å². The summed E-state index contributed by atoms with van der Waals surface area (Å²) in [6.45, 7) is 11.9. The van der Waals surface area contributed by atoms with Crippen LogP contribution in [-0.2, 0) is 6.54 Å². The lowest BCUT2D eigenvalue weighted by molar-refractivity contribution is 0.266. The van der Waals surface area contributed by atoms with E-state index in [0.717, 1.165) is 17.9 Å². The Morgan fingerprint density at radius 3 is 2.53 bits per heavy atom. The molecule has 1 atom stereocenters. The minimum atomic E-state index is -0.0381. The number of hydrogen-bond acceptors (Lipinski definition) is 4. The van der Waals surface area contributed by atoms with Gasteiger partial charge in [-0.1, -0.05) is 13.8 Å². The van der Waals surface area contributed by atoms with Crippen molar-refractivity contribution >= 4 is 0 Å². The van der Waals surface area contributed by atoms with Gasteiger partial charge in [0.2, 0.25) is 0 Å². The van der Waals surface area contributed by atoms with E-state index in [0.29, 0.717) is 12.5 Å². The zero-order chi connectivity index (χ0) is 13.1. The number of aromatic nitrogens is 2. The fourth-order valence-corrected chi connectivity index (χ4v) is 1.59. The molecular formula is C13H24N4. The quantitative estimate of drug-likeness (QED) is 0.814. The monoisotopic (exact) mass is 236 g/mol. The largest absolute Gasteiger partial charge is 0.329 e. The molecule has 3 N–H and O–H groups in total. The first kappa shape index (κ1) is 14.1. The van der Waals surface area contributed by atoms with Gasteiger partial charge in [0.1, 0.15) is 0 Å². The second-order valence-electron chi connectivity index (χ2n) is 5.23. The van der Waals surface area contributed by atoms with Gasteiger partial charge in [0, 0.05) is 18.6 Å². The van der Waals surface area contributed by atoms with Crippen molar-refractivity contribution in [1.29, 1.82) is 0 Å². The number of rotatable bonds is 5. The molecule has 0 saturated heterocycles. The summed E-state index contributed by atoms with van der Waals surface area (Å²) in [6.07, 6.45) is 0. The fourth-order valence-electron chi connectivity index (χ4n) is 1.59. The molecule has 0 bridgehead atoms. The van der Waals surface area contributed by atoms with Gasteiger partial charge in [-0.05, 0) is 38.3 Å². The molecule has 0 amide bonds. The third kappa shape index (κ3) is 3.48. The molecule has 0 spiro atoms. The highest BCUT2D eigenvalue weighted by molar-refractivity contribution is 5.19. The van der Waals surface area contributed by atoms with Crippen LogP contribution in [0.1, 0.15) is 37.7 Å². The Morgan fingerprint density at radius 2 is 2.00 bits per heavy atom. The van der Waals surface area contributed by atoms with Gasteiger partial charge in [-0.25, -0.2) is 0 Å². The first-order valence-electron chi connectivity index (χ1n) is 6.14. The van der Waals surface area contributed by atoms with E-state index in [1.165, 1.54) is 5.56 Å². The highest BCUT2D eigenvalue weighted by Crippen LogP contribution is 2.16. The van der Waals surface area contributed by atoms with Gasteiger partial charge in [-0.2, -0.15) is 10.2 Å². The third-order valence-electron chi connectivity index (χ3n) is 3.59. The summed E-state index contributed by atoms with van der Waals surface area (Å²) in [5.74, 6) is 0.490. The molecule has 0 radical (unpaired) electrons. The number of hydrogen-bond donors (Lipinski definition) is 2. The highest BCUT2D eigenvalue weighted by Gasteiger charge is 2.25. The number of aryl methyl sites for hydroxylation is 2. The van der Waals surface area contributed by atoms with Gasteiger partial charge in [0.25, 0.3) is 0 Å². The van der Waals surface area contributed by atoms with Crippen LogP contribution in [0.2, 0.25) is 0 Å². The van der Waals surface area contributed by atoms with E-state index in [4.69, 9.17) is 5.73 Å². The van der Waals surface area contributed by atoms with E-state index < -0.39 is 0 Å². The summed E-state index contributed by atoms with van der Waals surface area (Å²) in [7, 11) is 0. The van der Waals surface area contributed by atoms with Crippen molar-refractivity contribution in [2.45, 2.75) is 46.7 Å². The molecular weight excluding hydrogens is 212 g/mol. The Morgan fingerprint density at radius 1 is 1.35 bits per heavy atom. The molecule has 0 aliphatic heterocycles. The van der Waals surface area contributed by atoms with E-state index in [-0.39, 0.29) is 5.54 Å². The molecule has 4 nitrogen and oxygen atoms in total. The molecule has 1 aromatic rings. The summed E-state index contributed by atoms with van der Waals surface area (Å²) in [4.78, 5) is 0. The Hall–Kier alpha value is -1.00. The number of nitrogens with zero attached hydrogens (tertiary/aromatic N) is 2. The van der Waals surface area contributed by atoms with Crippen LogP contribution in [0.4, 0.5) is 0 Å². The van der Waals surface area contributed by atoms with Crippen molar-refractivity contribution in [3.8, 4) is 0 Å². The van der Waals surface area contributed by atoms with Gasteiger partial charge < -0.3 is 11.1 Å². The van der Waals surface area contributed by atoms with Crippen molar-refractivity contribution in [2.75, 3.05) is 6.54 Å². The predicted molar refractivity (Wildman–Crippen MR) is 70.6 cm³/mol. The summed E-state index contributed by atoms with van der Waals surface area (Å²) in [5.41, 5.74) is 8.93. The van der Waals surface area contributed by atoms with Crippen molar-refractivity contribution in [1.82, 2.24) is 15.5 Å². The maximum absolute atomic E-state index is 5.85. The van der Waals surface area contributed by atoms with Crippen LogP contribution in [0.5, 0.6) is 0 Å². The maximum atomic E-state index is 5.85. The lowest BCUT2D eigenvalue weighted by Crippen LogP contribution is -2.52. The maximum Gasteiger partial charge on any atom is 0.0645 e. The summed E-state index contributed by atoms with van der Waals surface area (Å²) in [5, 5.41) is 11.7. The van der Waals surface area contributed by atoms with E-state index in [1.54, 1.807) is 0 Å². The second-order valence-corrected chi connectivity index (χ2v) is 5.23. The normalized spacial score (nSPS) is 15.0. The molecule has 0 aliphatic rings. The van der Waals surface area contributed by atoms with E-state index in [9.17, 15) is 0 Å². The summed E-state index contributed by atoms with van der Waals surface area (Å²) >= 11 is 0. The average Bonchev–Trinajstić information content (AvgIpc) is 2.29. The molecule has 96 valence electrons. The minimum absolute atomic E-state index is 0.0381. The summed E-state index contributed by atoms with van der Waals surface area (Å²) in [6, 6.07) is 2.08. The standard InChI is InChI=1S/C13H24N4/c1-9(2)13(5,8-14)15-7-12-6-10(3)16-17-11(12)4/h6,9,15H,7-8,14H2,1-5H3. The van der Waals surface area contributed by atoms with Gasteiger partial charge in [0.15, 0.2) is 0 Å². The number of nitrogens with two attached hydrogens (primary N) is 1. The Bertz CT molecular complexity index is 376. The third-order valence-corrected chi connectivity index (χ3v) is 3.59. The SMILES string of the molecule is Cc1cc(CNC(C)(CN)C(C)C)c(C)nn1. The van der Waals surface area contributed by atoms with Crippen LogP contribution in [0.3, 0.4) is 0 Å². The molecule has 0 saturated carbocycles. The molecule has 1 rings (SSSR count). The Labute approximate surface area is 104 Å². The van der Waals surface area contributed by atoms with Gasteiger partial charge in [-0.3, -0.25) is 0 Å². The molecule has 0 fully saturated rings. The fraction of sp³-hybridized carbons (Fsp3) is 0.692. The molecule has 1 heterocycles. The van der Waals surface area contributed by atoms with Crippen molar-refractivity contribution < 1.29 is 0 Å². The first-order chi connectivity index (χ1) is 7.89. The van der Waals surface area contributed by atoms with Crippen LogP contribution in [0.25, 0.3) is 0 Å². The first-order valence-corrected chi connectivity index (χ1v) is 6.14. The second kappa shape index (κ2) is 5.56. The van der Waals surface area contributed by atoms with Gasteiger partial charge in [-0.15, -0.1) is 0 Å². The molecule has 1 aromatic heterocycles. The Kier molecular flexibility index (Phi) is 4.60. The molecule has 1 unspecified atom stereocenters. The summed E-state index contributed by atoms with van der Waals surface area (Å²) < 4.78 is 0. The molecule has 4 heteroatoms. The van der Waals surface area contributed by atoms with Crippen LogP contribution >= 0.6 is 0 Å². The van der Waals surface area contributed by atoms with Crippen LogP contribution in [0.15, 0.2) is 6.07 Å². The lowest BCUT2D eigenvalue weighted by atomic mass is 9.88. The van der Waals surface area contributed by atoms with E-state index in [2.05, 4.69) is 42.4 Å². The average molecular weight is 236 g/mol. The van der Waals surface area contributed by atoms with E-state index in [1.807, 2.05) is 13.8 Å². The van der Waals surface area contributed by atoms with Crippen LogP contribution in [-0.4, -0.2) is 22.3 Å². The smallest absolute Gasteiger partial charge is 0.0645 e. The van der Waals surface area contributed by atoms with Crippen LogP contribution < -0.4 is 11.1 Å². The van der Waals surface area contributed by atoms with Crippen molar-refractivity contribution in [2.24, 2.45) is 11.7 Å². The van der Waals surface area contributed by atoms with Gasteiger partial charge >= 0.3 is 0 Å². The molecule has 17 heavy (non-hydrogen) atoms. The van der Waals surface area contributed by atoms with Crippen LogP contribution in [0, 0.1) is 19.8 Å². The lowest BCUT2D eigenvalue weighted by Gasteiger charge is -2.34. The minimum Gasteiger partial charge on any atom is -0.329 e. The molecule has 0 aromatic carbocycles. The highest BCUT2D eigenvalue weighted by atomic mass is 15.1. The predicted octanol–water partition coefficient (Wildman–Crippen LogP) is 1.56. The number of nitrogens with one attached hydrogen (secondary N) is 1. The topological polar surface area (TPSA) is 63.8 Å².